The first kappa shape index (κ1) is 7.87. The van der Waals surface area contributed by atoms with Gasteiger partial charge in [-0.05, 0) is 0 Å². The predicted molar refractivity (Wildman–Crippen MR) is 28.9 cm³/mol. The molecule has 1 aliphatic heterocycles. The van der Waals surface area contributed by atoms with Gasteiger partial charge in [0.1, 0.15) is 12.2 Å². The number of rotatable bonds is 0. The van der Waals surface area contributed by atoms with Gasteiger partial charge in [0.15, 0.2) is 12.5 Å². The van der Waals surface area contributed by atoms with Crippen LogP contribution in [0.5, 0.6) is 0 Å². The van der Waals surface area contributed by atoms with Crippen LogP contribution in [0.25, 0.3) is 0 Å². The summed E-state index contributed by atoms with van der Waals surface area (Å²) in [6.45, 7) is -0.376. The average Bonchev–Trinajstić information content (AvgIpc) is 1.93. The average molecular weight is 152 g/mol. The Morgan fingerprint density at radius 2 is 1.80 bits per heavy atom. The first-order valence-corrected chi connectivity index (χ1v) is 2.93. The lowest BCUT2D eigenvalue weighted by atomic mass is 10.1. The molecular weight excluding hydrogens is 143 g/mol. The topological polar surface area (TPSA) is 69.9 Å². The van der Waals surface area contributed by atoms with E-state index in [4.69, 9.17) is 15.3 Å². The Hall–Kier alpha value is -0.230. The fourth-order valence-corrected chi connectivity index (χ4v) is 0.770. The highest BCUT2D eigenvalue weighted by Crippen LogP contribution is 2.15. The van der Waals surface area contributed by atoms with Gasteiger partial charge in [0.2, 0.25) is 0 Å². The molecule has 10 heavy (non-hydrogen) atoms. The van der Waals surface area contributed by atoms with Crippen LogP contribution in [-0.4, -0.2) is 46.6 Å². The van der Waals surface area contributed by atoms with Gasteiger partial charge in [-0.25, -0.2) is 4.39 Å². The second-order valence-corrected chi connectivity index (χ2v) is 2.22. The van der Waals surface area contributed by atoms with Crippen molar-refractivity contribution in [1.29, 1.82) is 0 Å². The Labute approximate surface area is 56.9 Å². The smallest absolute Gasteiger partial charge is 0.183 e. The standard InChI is InChI=1S/C5H9FO4/c6-2-1-10-5(9)4(8)3(2)7/h2-5,7-9H,1H2/t2-,3-,4+,5+/m0/s1. The van der Waals surface area contributed by atoms with Crippen LogP contribution in [0.15, 0.2) is 0 Å². The van der Waals surface area contributed by atoms with Crippen molar-refractivity contribution in [2.45, 2.75) is 24.7 Å². The number of ether oxygens (including phenoxy) is 1. The van der Waals surface area contributed by atoms with Gasteiger partial charge >= 0.3 is 0 Å². The zero-order chi connectivity index (χ0) is 7.72. The van der Waals surface area contributed by atoms with E-state index in [0.717, 1.165) is 0 Å². The van der Waals surface area contributed by atoms with Crippen molar-refractivity contribution in [3.8, 4) is 0 Å². The molecule has 0 aliphatic carbocycles. The maximum atomic E-state index is 12.4. The highest BCUT2D eigenvalue weighted by atomic mass is 19.1. The van der Waals surface area contributed by atoms with Gasteiger partial charge in [0, 0.05) is 0 Å². The van der Waals surface area contributed by atoms with E-state index < -0.39 is 24.7 Å². The van der Waals surface area contributed by atoms with Crippen LogP contribution < -0.4 is 0 Å². The maximum Gasteiger partial charge on any atom is 0.183 e. The second kappa shape index (κ2) is 2.79. The van der Waals surface area contributed by atoms with Gasteiger partial charge in [0.05, 0.1) is 6.61 Å². The molecule has 1 heterocycles. The van der Waals surface area contributed by atoms with Crippen molar-refractivity contribution < 1.29 is 24.4 Å². The molecule has 0 bridgehead atoms. The fraction of sp³-hybridized carbons (Fsp3) is 1.00. The summed E-state index contributed by atoms with van der Waals surface area (Å²) in [7, 11) is 0. The summed E-state index contributed by atoms with van der Waals surface area (Å²) >= 11 is 0. The summed E-state index contributed by atoms with van der Waals surface area (Å²) in [5, 5.41) is 26.2. The molecule has 4 nitrogen and oxygen atoms in total. The molecule has 3 N–H and O–H groups in total. The molecule has 4 atom stereocenters. The number of aliphatic hydroxyl groups is 3. The monoisotopic (exact) mass is 152 g/mol. The molecule has 1 aliphatic rings. The maximum absolute atomic E-state index is 12.4. The van der Waals surface area contributed by atoms with Crippen molar-refractivity contribution >= 4 is 0 Å². The third kappa shape index (κ3) is 1.27. The van der Waals surface area contributed by atoms with Gasteiger partial charge in [-0.1, -0.05) is 0 Å². The zero-order valence-electron chi connectivity index (χ0n) is 5.14. The molecule has 60 valence electrons. The van der Waals surface area contributed by atoms with Crippen LogP contribution in [0.2, 0.25) is 0 Å². The predicted octanol–water partition coefficient (Wildman–Crippen LogP) is -1.61. The van der Waals surface area contributed by atoms with Gasteiger partial charge in [0.25, 0.3) is 0 Å². The van der Waals surface area contributed by atoms with Crippen LogP contribution in [-0.2, 0) is 4.74 Å². The molecular formula is C5H9FO4. The van der Waals surface area contributed by atoms with Gasteiger partial charge in [-0.2, -0.15) is 0 Å². The molecule has 0 radical (unpaired) electrons. The van der Waals surface area contributed by atoms with E-state index in [0.29, 0.717) is 0 Å². The number of hydrogen-bond acceptors (Lipinski definition) is 4. The van der Waals surface area contributed by atoms with E-state index in [1.54, 1.807) is 0 Å². The second-order valence-electron chi connectivity index (χ2n) is 2.22. The Bertz CT molecular complexity index is 106. The van der Waals surface area contributed by atoms with Crippen molar-refractivity contribution in [3.63, 3.8) is 0 Å². The first-order chi connectivity index (χ1) is 4.63. The van der Waals surface area contributed by atoms with Crippen LogP contribution in [0, 0.1) is 0 Å². The van der Waals surface area contributed by atoms with Crippen LogP contribution >= 0.6 is 0 Å². The highest BCUT2D eigenvalue weighted by molar-refractivity contribution is 4.81. The Balaban J connectivity index is 2.52. The minimum atomic E-state index is -1.61. The molecule has 1 rings (SSSR count). The molecule has 0 aromatic heterocycles. The Morgan fingerprint density at radius 1 is 1.20 bits per heavy atom. The SMILES string of the molecule is O[C@@H]1[C@@H](O)[C@@H](F)CO[C@H]1O. The molecule has 1 saturated heterocycles. The largest absolute Gasteiger partial charge is 0.387 e. The van der Waals surface area contributed by atoms with Gasteiger partial charge in [-0.15, -0.1) is 0 Å². The summed E-state index contributed by atoms with van der Waals surface area (Å²) in [6.07, 6.45) is -6.16. The van der Waals surface area contributed by atoms with Gasteiger partial charge < -0.3 is 20.1 Å². The summed E-state index contributed by atoms with van der Waals surface area (Å²) in [5.74, 6) is 0. The lowest BCUT2D eigenvalue weighted by Gasteiger charge is -2.30. The van der Waals surface area contributed by atoms with Crippen LogP contribution in [0.3, 0.4) is 0 Å². The van der Waals surface area contributed by atoms with Crippen LogP contribution in [0.4, 0.5) is 4.39 Å². The zero-order valence-corrected chi connectivity index (χ0v) is 5.14. The minimum absolute atomic E-state index is 0.376. The summed E-state index contributed by atoms with van der Waals surface area (Å²) in [6, 6.07) is 0. The van der Waals surface area contributed by atoms with Crippen molar-refractivity contribution in [2.24, 2.45) is 0 Å². The van der Waals surface area contributed by atoms with E-state index in [1.165, 1.54) is 0 Å². The van der Waals surface area contributed by atoms with Crippen LogP contribution in [0.1, 0.15) is 0 Å². The lowest BCUT2D eigenvalue weighted by Crippen LogP contribution is -2.51. The normalized spacial score (nSPS) is 49.2. The number of hydrogen-bond donors (Lipinski definition) is 3. The van der Waals surface area contributed by atoms with E-state index >= 15 is 0 Å². The van der Waals surface area contributed by atoms with E-state index in [1.807, 2.05) is 0 Å². The lowest BCUT2D eigenvalue weighted by molar-refractivity contribution is -0.240. The summed E-state index contributed by atoms with van der Waals surface area (Å²) in [4.78, 5) is 0. The molecule has 0 spiro atoms. The molecule has 0 amide bonds. The summed E-state index contributed by atoms with van der Waals surface area (Å²) in [5.41, 5.74) is 0. The molecule has 0 unspecified atom stereocenters. The van der Waals surface area contributed by atoms with E-state index in [2.05, 4.69) is 4.74 Å². The third-order valence-electron chi connectivity index (χ3n) is 1.44. The van der Waals surface area contributed by atoms with Crippen molar-refractivity contribution in [1.82, 2.24) is 0 Å². The van der Waals surface area contributed by atoms with Crippen molar-refractivity contribution in [3.05, 3.63) is 0 Å². The molecule has 0 saturated carbocycles. The molecule has 0 aromatic carbocycles. The molecule has 1 fully saturated rings. The number of alkyl halides is 1. The Kier molecular flexibility index (Phi) is 2.20. The molecule has 5 heteroatoms. The fourth-order valence-electron chi connectivity index (χ4n) is 0.770. The number of halogens is 1. The van der Waals surface area contributed by atoms with E-state index in [9.17, 15) is 4.39 Å². The van der Waals surface area contributed by atoms with Crippen molar-refractivity contribution in [2.75, 3.05) is 6.61 Å². The van der Waals surface area contributed by atoms with E-state index in [-0.39, 0.29) is 6.61 Å². The first-order valence-electron chi connectivity index (χ1n) is 2.93. The quantitative estimate of drug-likeness (QED) is 0.391. The molecule has 0 aromatic rings. The number of aliphatic hydroxyl groups excluding tert-OH is 3. The van der Waals surface area contributed by atoms with Gasteiger partial charge in [-0.3, -0.25) is 0 Å². The Morgan fingerprint density at radius 3 is 2.30 bits per heavy atom. The minimum Gasteiger partial charge on any atom is -0.387 e. The summed E-state index contributed by atoms with van der Waals surface area (Å²) < 4.78 is 16.7. The third-order valence-corrected chi connectivity index (χ3v) is 1.44. The highest BCUT2D eigenvalue weighted by Gasteiger charge is 2.37.